The molecular weight excluding hydrogens is 586 g/mol. The summed E-state index contributed by atoms with van der Waals surface area (Å²) in [5.41, 5.74) is 2.20. The van der Waals surface area contributed by atoms with Gasteiger partial charge in [-0.2, -0.15) is 0 Å². The largest absolute Gasteiger partial charge is 0.506 e. The second kappa shape index (κ2) is 13.0. The van der Waals surface area contributed by atoms with E-state index in [4.69, 9.17) is 14.2 Å². The molecule has 2 aromatic carbocycles. The summed E-state index contributed by atoms with van der Waals surface area (Å²) in [5.74, 6) is -0.338. The van der Waals surface area contributed by atoms with E-state index in [1.54, 1.807) is 51.5 Å². The summed E-state index contributed by atoms with van der Waals surface area (Å²) in [6.07, 6.45) is 3.63. The van der Waals surface area contributed by atoms with Gasteiger partial charge in [-0.25, -0.2) is 9.79 Å². The van der Waals surface area contributed by atoms with Crippen molar-refractivity contribution in [2.45, 2.75) is 13.5 Å². The molecule has 1 aliphatic heterocycles. The second-order valence-corrected chi connectivity index (χ2v) is 10.3. The molecule has 1 amide bonds. The van der Waals surface area contributed by atoms with Crippen molar-refractivity contribution in [2.75, 3.05) is 34.0 Å². The van der Waals surface area contributed by atoms with Crippen LogP contribution in [0.2, 0.25) is 0 Å². The summed E-state index contributed by atoms with van der Waals surface area (Å²) < 4.78 is 18.1. The van der Waals surface area contributed by atoms with Crippen LogP contribution < -0.4 is 10.1 Å². The molecule has 0 saturated carbocycles. The van der Waals surface area contributed by atoms with Crippen LogP contribution in [0.25, 0.3) is 17.0 Å². The Morgan fingerprint density at radius 1 is 1.18 bits per heavy atom. The van der Waals surface area contributed by atoms with Crippen molar-refractivity contribution in [1.82, 2.24) is 9.88 Å². The first kappa shape index (κ1) is 28.5. The van der Waals surface area contributed by atoms with Gasteiger partial charge in [-0.1, -0.05) is 27.7 Å². The maximum atomic E-state index is 12.8. The molecule has 39 heavy (non-hydrogen) atoms. The average molecular weight is 615 g/mol. The number of nitrogens with one attached hydrogen (secondary N) is 1. The van der Waals surface area contributed by atoms with Crippen molar-refractivity contribution in [3.63, 3.8) is 0 Å². The first-order valence-electron chi connectivity index (χ1n) is 12.1. The lowest BCUT2D eigenvalue weighted by molar-refractivity contribution is -0.138. The third kappa shape index (κ3) is 6.73. The van der Waals surface area contributed by atoms with Gasteiger partial charge in [-0.05, 0) is 55.5 Å². The minimum absolute atomic E-state index is 0.00589. The number of aliphatic hydroxyl groups excluding tert-OH is 1. The lowest BCUT2D eigenvalue weighted by atomic mass is 10.1. The molecule has 2 N–H and O–H groups in total. The summed E-state index contributed by atoms with van der Waals surface area (Å²) in [6.45, 7) is 2.81. The van der Waals surface area contributed by atoms with Crippen LogP contribution >= 0.6 is 27.7 Å². The number of fused-ring (bicyclic) bond motifs is 1. The minimum Gasteiger partial charge on any atom is -0.506 e. The van der Waals surface area contributed by atoms with E-state index in [1.807, 2.05) is 29.0 Å². The van der Waals surface area contributed by atoms with Gasteiger partial charge < -0.3 is 29.2 Å². The van der Waals surface area contributed by atoms with Crippen molar-refractivity contribution in [3.05, 3.63) is 74.9 Å². The predicted octanol–water partition coefficient (Wildman–Crippen LogP) is 5.37. The normalized spacial score (nSPS) is 15.4. The monoisotopic (exact) mass is 613 g/mol. The van der Waals surface area contributed by atoms with Crippen molar-refractivity contribution < 1.29 is 28.9 Å². The van der Waals surface area contributed by atoms with Crippen LogP contribution in [0.4, 0.5) is 5.69 Å². The van der Waals surface area contributed by atoms with Crippen molar-refractivity contribution >= 4 is 67.3 Å². The quantitative estimate of drug-likeness (QED) is 0.234. The highest BCUT2D eigenvalue weighted by molar-refractivity contribution is 9.10. The summed E-state index contributed by atoms with van der Waals surface area (Å²) in [6, 6.07) is 12.8. The number of aliphatic hydroxyl groups is 1. The molecule has 0 radical (unpaired) electrons. The number of aromatic nitrogens is 1. The molecule has 0 aliphatic carbocycles. The molecule has 204 valence electrons. The third-order valence-electron chi connectivity index (χ3n) is 5.78. The lowest BCUT2D eigenvalue weighted by Crippen LogP contribution is -2.30. The number of carbonyl (C=O) groups excluding carboxylic acids is 2. The van der Waals surface area contributed by atoms with Crippen LogP contribution in [0.5, 0.6) is 5.75 Å². The van der Waals surface area contributed by atoms with Gasteiger partial charge >= 0.3 is 5.97 Å². The highest BCUT2D eigenvalue weighted by Gasteiger charge is 2.33. The molecule has 0 atom stereocenters. The summed E-state index contributed by atoms with van der Waals surface area (Å²) in [5, 5.41) is 15.2. The van der Waals surface area contributed by atoms with Crippen molar-refractivity contribution in [3.8, 4) is 5.75 Å². The third-order valence-corrected chi connectivity index (χ3v) is 7.29. The smallest absolute Gasteiger partial charge is 0.344 e. The number of benzene rings is 2. The molecule has 11 heteroatoms. The highest BCUT2D eigenvalue weighted by Crippen LogP contribution is 2.41. The van der Waals surface area contributed by atoms with Gasteiger partial charge in [0.2, 0.25) is 5.91 Å². The molecule has 3 aromatic rings. The van der Waals surface area contributed by atoms with Crippen LogP contribution in [0.3, 0.4) is 0 Å². The molecule has 4 rings (SSSR count). The van der Waals surface area contributed by atoms with Crippen LogP contribution in [0.15, 0.2) is 74.4 Å². The number of thioether (sulfide) groups is 1. The van der Waals surface area contributed by atoms with Gasteiger partial charge in [0.1, 0.15) is 28.7 Å². The van der Waals surface area contributed by atoms with Crippen molar-refractivity contribution in [2.24, 2.45) is 4.99 Å². The number of carbonyl (C=O) groups is 2. The molecular formula is C28H28BrN3O6S. The first-order valence-corrected chi connectivity index (χ1v) is 13.7. The van der Waals surface area contributed by atoms with Gasteiger partial charge in [-0.15, -0.1) is 0 Å². The molecule has 1 aromatic heterocycles. The van der Waals surface area contributed by atoms with E-state index in [0.29, 0.717) is 34.5 Å². The number of aliphatic imine (C=N–C) groups is 1. The summed E-state index contributed by atoms with van der Waals surface area (Å²) in [4.78, 5) is 30.3. The minimum atomic E-state index is -0.656. The number of halogens is 1. The molecule has 2 heterocycles. The van der Waals surface area contributed by atoms with Crippen LogP contribution in [-0.4, -0.2) is 60.6 Å². The second-order valence-electron chi connectivity index (χ2n) is 8.39. The summed E-state index contributed by atoms with van der Waals surface area (Å²) in [7, 11) is 3.16. The number of methoxy groups -OCH3 is 2. The number of hydrogen-bond acceptors (Lipinski definition) is 8. The maximum absolute atomic E-state index is 12.8. The number of amides is 1. The van der Waals surface area contributed by atoms with Crippen LogP contribution in [-0.2, 0) is 25.6 Å². The Labute approximate surface area is 238 Å². The van der Waals surface area contributed by atoms with Gasteiger partial charge in [-0.3, -0.25) is 4.79 Å². The van der Waals surface area contributed by atoms with E-state index < -0.39 is 5.97 Å². The fourth-order valence-corrected chi connectivity index (χ4v) is 5.34. The first-order chi connectivity index (χ1) is 18.8. The van der Waals surface area contributed by atoms with Crippen LogP contribution in [0.1, 0.15) is 12.5 Å². The van der Waals surface area contributed by atoms with E-state index in [1.165, 1.54) is 11.8 Å². The van der Waals surface area contributed by atoms with E-state index in [-0.39, 0.29) is 30.4 Å². The Morgan fingerprint density at radius 3 is 2.64 bits per heavy atom. The van der Waals surface area contributed by atoms with Crippen LogP contribution in [0, 0.1) is 0 Å². The Morgan fingerprint density at radius 2 is 1.95 bits per heavy atom. The fraction of sp³-hybridized carbons (Fsp3) is 0.250. The Hall–Kier alpha value is -3.54. The molecule has 1 aliphatic rings. The number of rotatable bonds is 10. The molecule has 0 spiro atoms. The zero-order chi connectivity index (χ0) is 27.9. The van der Waals surface area contributed by atoms with E-state index in [9.17, 15) is 14.7 Å². The molecule has 0 bridgehead atoms. The SMILES string of the molecule is CCOC(=O)C1=C(O)/C(=C/c2cn(CC(=O)NCCOC)c3ccc(Br)cc23)SC1=Nc1ccc(OC)cc1. The zero-order valence-corrected chi connectivity index (χ0v) is 24.1. The standard InChI is InChI=1S/C28H28BrN3O6S/c1-4-38-28(35)25-26(34)23(39-27(25)31-19-6-8-20(37-3)9-7-19)13-17-15-32(16-24(33)30-11-12-36-2)22-10-5-18(29)14-21(17)22/h5-10,13-15,34H,4,11-12,16H2,1-3H3,(H,30,33)/b23-13-,31-27?. The van der Waals surface area contributed by atoms with E-state index in [0.717, 1.165) is 20.9 Å². The summed E-state index contributed by atoms with van der Waals surface area (Å²) >= 11 is 4.69. The number of esters is 1. The molecule has 0 saturated heterocycles. The zero-order valence-electron chi connectivity index (χ0n) is 21.7. The van der Waals surface area contributed by atoms with Gasteiger partial charge in [0, 0.05) is 40.8 Å². The van der Waals surface area contributed by atoms with E-state index in [2.05, 4.69) is 26.2 Å². The van der Waals surface area contributed by atoms with Gasteiger partial charge in [0.15, 0.2) is 0 Å². The Kier molecular flexibility index (Phi) is 9.50. The van der Waals surface area contributed by atoms with Crippen molar-refractivity contribution in [1.29, 1.82) is 0 Å². The molecule has 0 unspecified atom stereocenters. The van der Waals surface area contributed by atoms with Gasteiger partial charge in [0.05, 0.1) is 30.9 Å². The Bertz CT molecular complexity index is 1480. The fourth-order valence-electron chi connectivity index (χ4n) is 3.95. The molecule has 9 nitrogen and oxygen atoms in total. The number of ether oxygens (including phenoxy) is 3. The number of hydrogen-bond donors (Lipinski definition) is 2. The predicted molar refractivity (Wildman–Crippen MR) is 156 cm³/mol. The Balaban J connectivity index is 1.73. The number of nitrogens with zero attached hydrogens (tertiary/aromatic N) is 2. The van der Waals surface area contributed by atoms with E-state index >= 15 is 0 Å². The maximum Gasteiger partial charge on any atom is 0.344 e. The average Bonchev–Trinajstić information content (AvgIpc) is 3.40. The van der Waals surface area contributed by atoms with Gasteiger partial charge in [0.25, 0.3) is 0 Å². The highest BCUT2D eigenvalue weighted by atomic mass is 79.9. The topological polar surface area (TPSA) is 111 Å². The lowest BCUT2D eigenvalue weighted by Gasteiger charge is -2.07. The molecule has 0 fully saturated rings.